The second kappa shape index (κ2) is 8.49. The van der Waals surface area contributed by atoms with E-state index in [1.165, 1.54) is 4.90 Å². The summed E-state index contributed by atoms with van der Waals surface area (Å²) in [6.45, 7) is 8.40. The van der Waals surface area contributed by atoms with Crippen LogP contribution in [-0.4, -0.2) is 64.2 Å². The van der Waals surface area contributed by atoms with E-state index in [4.69, 9.17) is 9.47 Å². The van der Waals surface area contributed by atoms with Crippen molar-refractivity contribution < 1.29 is 14.4 Å². The zero-order chi connectivity index (χ0) is 21.4. The van der Waals surface area contributed by atoms with Crippen LogP contribution in [0, 0.1) is 13.8 Å². The van der Waals surface area contributed by atoms with Crippen molar-refractivity contribution in [2.75, 3.05) is 32.9 Å². The minimum Gasteiger partial charge on any atom is -0.376 e. The van der Waals surface area contributed by atoms with Crippen LogP contribution in [0.15, 0.2) is 23.0 Å². The highest BCUT2D eigenvalue weighted by atomic mass is 16.5. The molecule has 2 aliphatic rings. The smallest absolute Gasteiger partial charge is 0.258 e. The summed E-state index contributed by atoms with van der Waals surface area (Å²) in [5, 5.41) is 13.7. The number of quaternary nitrogens is 1. The summed E-state index contributed by atoms with van der Waals surface area (Å²) in [7, 11) is 0. The van der Waals surface area contributed by atoms with Crippen molar-refractivity contribution in [2.45, 2.75) is 45.4 Å². The van der Waals surface area contributed by atoms with Crippen molar-refractivity contribution in [1.29, 1.82) is 0 Å². The molecular formula is C22H29N6O3+. The summed E-state index contributed by atoms with van der Waals surface area (Å²) < 4.78 is 13.2. The number of morpholine rings is 1. The lowest BCUT2D eigenvalue weighted by atomic mass is 9.99. The molecule has 2 aromatic heterocycles. The van der Waals surface area contributed by atoms with E-state index in [1.807, 2.05) is 23.7 Å². The quantitative estimate of drug-likeness (QED) is 0.611. The zero-order valence-corrected chi connectivity index (χ0v) is 18.1. The van der Waals surface area contributed by atoms with Crippen molar-refractivity contribution in [3.63, 3.8) is 0 Å². The van der Waals surface area contributed by atoms with Crippen molar-refractivity contribution in [3.8, 4) is 0 Å². The molecule has 0 spiro atoms. The number of hydrogen-bond donors (Lipinski definition) is 2. The molecule has 2 N–H and O–H groups in total. The number of fused-ring (bicyclic) bond motifs is 1. The molecule has 2 aliphatic heterocycles. The Bertz CT molecular complexity index is 1130. The van der Waals surface area contributed by atoms with E-state index in [-0.39, 0.29) is 17.7 Å². The molecule has 9 heteroatoms. The lowest BCUT2D eigenvalue weighted by Crippen LogP contribution is -3.14. The Labute approximate surface area is 180 Å². The summed E-state index contributed by atoms with van der Waals surface area (Å²) in [4.78, 5) is 17.6. The first-order chi connectivity index (χ1) is 15.1. The Morgan fingerprint density at radius 3 is 2.84 bits per heavy atom. The van der Waals surface area contributed by atoms with E-state index in [0.717, 1.165) is 54.6 Å². The molecule has 31 heavy (non-hydrogen) atoms. The number of benzene rings is 1. The molecule has 0 bridgehead atoms. The van der Waals surface area contributed by atoms with E-state index < -0.39 is 0 Å². The number of rotatable bonds is 5. The third-order valence-corrected chi connectivity index (χ3v) is 6.41. The summed E-state index contributed by atoms with van der Waals surface area (Å²) in [6, 6.07) is 5.92. The minimum absolute atomic E-state index is 0.0897. The summed E-state index contributed by atoms with van der Waals surface area (Å²) in [5.74, 6) is 0.710. The van der Waals surface area contributed by atoms with Gasteiger partial charge in [0.1, 0.15) is 13.1 Å². The molecule has 2 saturated heterocycles. The molecule has 0 aliphatic carbocycles. The van der Waals surface area contributed by atoms with Gasteiger partial charge in [0.05, 0.1) is 31.4 Å². The van der Waals surface area contributed by atoms with Crippen LogP contribution in [0.4, 0.5) is 0 Å². The van der Waals surface area contributed by atoms with Gasteiger partial charge >= 0.3 is 0 Å². The van der Waals surface area contributed by atoms with Gasteiger partial charge in [-0.3, -0.25) is 4.79 Å². The molecule has 0 amide bonds. The monoisotopic (exact) mass is 425 g/mol. The van der Waals surface area contributed by atoms with Gasteiger partial charge in [0, 0.05) is 17.5 Å². The number of aromatic amines is 1. The van der Waals surface area contributed by atoms with Crippen molar-refractivity contribution >= 4 is 10.9 Å². The molecule has 0 saturated carbocycles. The third kappa shape index (κ3) is 4.00. The van der Waals surface area contributed by atoms with Crippen LogP contribution >= 0.6 is 0 Å². The number of aromatic nitrogens is 5. The predicted octanol–water partition coefficient (Wildman–Crippen LogP) is 0.315. The molecule has 2 fully saturated rings. The maximum Gasteiger partial charge on any atom is 0.258 e. The fourth-order valence-electron chi connectivity index (χ4n) is 4.90. The van der Waals surface area contributed by atoms with Crippen LogP contribution in [-0.2, 0) is 16.0 Å². The van der Waals surface area contributed by atoms with E-state index in [1.54, 1.807) is 0 Å². The van der Waals surface area contributed by atoms with E-state index in [9.17, 15) is 4.79 Å². The van der Waals surface area contributed by atoms with Crippen LogP contribution in [0.25, 0.3) is 10.9 Å². The highest BCUT2D eigenvalue weighted by Gasteiger charge is 2.36. The largest absolute Gasteiger partial charge is 0.376 e. The first kappa shape index (κ1) is 20.3. The first-order valence-electron chi connectivity index (χ1n) is 11.0. The average molecular weight is 426 g/mol. The zero-order valence-electron chi connectivity index (χ0n) is 18.1. The van der Waals surface area contributed by atoms with Crippen molar-refractivity contribution in [3.05, 3.63) is 51.1 Å². The van der Waals surface area contributed by atoms with Gasteiger partial charge in [0.15, 0.2) is 6.04 Å². The van der Waals surface area contributed by atoms with Crippen LogP contribution < -0.4 is 10.5 Å². The third-order valence-electron chi connectivity index (χ3n) is 6.41. The highest BCUT2D eigenvalue weighted by molar-refractivity contribution is 5.83. The van der Waals surface area contributed by atoms with E-state index in [0.29, 0.717) is 31.1 Å². The highest BCUT2D eigenvalue weighted by Crippen LogP contribution is 2.23. The maximum atomic E-state index is 13.3. The molecule has 3 aromatic rings. The molecule has 2 atom stereocenters. The number of tetrazole rings is 1. The fraction of sp³-hybridized carbons (Fsp3) is 0.545. The Morgan fingerprint density at radius 1 is 1.23 bits per heavy atom. The van der Waals surface area contributed by atoms with Crippen molar-refractivity contribution in [1.82, 2.24) is 25.2 Å². The molecule has 9 nitrogen and oxygen atoms in total. The number of pyridine rings is 1. The number of nitrogens with zero attached hydrogens (tertiary/aromatic N) is 4. The summed E-state index contributed by atoms with van der Waals surface area (Å²) in [5.41, 5.74) is 3.74. The lowest BCUT2D eigenvalue weighted by Gasteiger charge is -2.30. The molecule has 4 heterocycles. The SMILES string of the molecule is Cc1cc(C)c2cc([C@@H](c3nnnn3C[C@H]3CCCO3)[NH+]3CCOCC3)c(=O)[nH]c2c1. The average Bonchev–Trinajstić information content (AvgIpc) is 3.43. The van der Waals surface area contributed by atoms with Gasteiger partial charge in [-0.2, -0.15) is 0 Å². The maximum absolute atomic E-state index is 13.3. The second-order valence-electron chi connectivity index (χ2n) is 8.65. The lowest BCUT2D eigenvalue weighted by molar-refractivity contribution is -0.933. The normalized spacial score (nSPS) is 21.0. The molecule has 5 rings (SSSR count). The Hall–Kier alpha value is -2.62. The number of hydrogen-bond acceptors (Lipinski definition) is 6. The summed E-state index contributed by atoms with van der Waals surface area (Å²) >= 11 is 0. The Morgan fingerprint density at radius 2 is 2.06 bits per heavy atom. The minimum atomic E-state index is -0.269. The Kier molecular flexibility index (Phi) is 5.56. The number of H-pyrrole nitrogens is 1. The first-order valence-corrected chi connectivity index (χ1v) is 11.0. The predicted molar refractivity (Wildman–Crippen MR) is 114 cm³/mol. The molecule has 0 unspecified atom stereocenters. The van der Waals surface area contributed by atoms with Gasteiger partial charge in [-0.05, 0) is 60.4 Å². The van der Waals surface area contributed by atoms with Crippen LogP contribution in [0.2, 0.25) is 0 Å². The number of nitrogens with one attached hydrogen (secondary N) is 2. The molecular weight excluding hydrogens is 396 g/mol. The van der Waals surface area contributed by atoms with Crippen LogP contribution in [0.3, 0.4) is 0 Å². The van der Waals surface area contributed by atoms with Gasteiger partial charge in [-0.25, -0.2) is 4.68 Å². The fourth-order valence-corrected chi connectivity index (χ4v) is 4.90. The van der Waals surface area contributed by atoms with Crippen LogP contribution in [0.1, 0.15) is 41.4 Å². The molecule has 1 aromatic carbocycles. The second-order valence-corrected chi connectivity index (χ2v) is 8.65. The van der Waals surface area contributed by atoms with Crippen molar-refractivity contribution in [2.24, 2.45) is 0 Å². The topological polar surface area (TPSA) is 99.4 Å². The van der Waals surface area contributed by atoms with Gasteiger partial charge in [0.2, 0.25) is 5.82 Å². The van der Waals surface area contributed by atoms with Gasteiger partial charge in [-0.1, -0.05) is 6.07 Å². The van der Waals surface area contributed by atoms with Gasteiger partial charge in [-0.15, -0.1) is 5.10 Å². The van der Waals surface area contributed by atoms with Gasteiger partial charge < -0.3 is 19.4 Å². The molecule has 164 valence electrons. The standard InChI is InChI=1S/C22H28N6O3/c1-14-10-15(2)17-12-18(22(29)23-19(17)11-14)20(27-5-8-30-9-6-27)21-24-25-26-28(21)13-16-4-3-7-31-16/h10-12,16,20H,3-9,13H2,1-2H3,(H,23,29)/p+1/t16-,20+/m1/s1. The van der Waals surface area contributed by atoms with Crippen LogP contribution in [0.5, 0.6) is 0 Å². The molecule has 0 radical (unpaired) electrons. The van der Waals surface area contributed by atoms with E-state index in [2.05, 4.69) is 33.5 Å². The number of ether oxygens (including phenoxy) is 2. The summed E-state index contributed by atoms with van der Waals surface area (Å²) in [6.07, 6.45) is 2.18. The number of aryl methyl sites for hydroxylation is 2. The van der Waals surface area contributed by atoms with E-state index >= 15 is 0 Å². The van der Waals surface area contributed by atoms with Gasteiger partial charge in [0.25, 0.3) is 5.56 Å². The Balaban J connectivity index is 1.62.